The first kappa shape index (κ1) is 19.5. The Labute approximate surface area is 179 Å². The Kier molecular flexibility index (Phi) is 5.50. The number of morpholine rings is 1. The molecule has 1 saturated heterocycles. The maximum Gasteiger partial charge on any atom is 0.321 e. The molecule has 2 fully saturated rings. The standard InChI is InChI=1S/C21H24N8O2/c22-13-15-2-1-7-23-20(15)26-16-3-5-17(6-4-16)31-21-27-19(28-8-10-30-11-9-28)12-18-24-14-25-29(18)21/h1-2,7,12,14,16-17H,3-6,8-11H2,(H,23,26)/t16-,17+. The number of anilines is 2. The lowest BCUT2D eigenvalue weighted by molar-refractivity contribution is 0.121. The van der Waals surface area contributed by atoms with Crippen molar-refractivity contribution in [3.63, 3.8) is 0 Å². The normalized spacial score (nSPS) is 21.6. The largest absolute Gasteiger partial charge is 0.460 e. The first-order chi connectivity index (χ1) is 15.3. The van der Waals surface area contributed by atoms with Gasteiger partial charge in [0, 0.05) is 31.4 Å². The van der Waals surface area contributed by atoms with Gasteiger partial charge in [-0.2, -0.15) is 19.9 Å². The fourth-order valence-corrected chi connectivity index (χ4v) is 4.10. The molecule has 0 bridgehead atoms. The summed E-state index contributed by atoms with van der Waals surface area (Å²) in [4.78, 5) is 15.6. The topological polar surface area (TPSA) is 113 Å². The third kappa shape index (κ3) is 4.22. The number of fused-ring (bicyclic) bond motifs is 1. The summed E-state index contributed by atoms with van der Waals surface area (Å²) in [5, 5.41) is 17.0. The van der Waals surface area contributed by atoms with Crippen LogP contribution in [0.25, 0.3) is 5.65 Å². The lowest BCUT2D eigenvalue weighted by atomic mass is 9.93. The van der Waals surface area contributed by atoms with Crippen LogP contribution in [0.15, 0.2) is 30.7 Å². The van der Waals surface area contributed by atoms with E-state index in [1.54, 1.807) is 22.8 Å². The van der Waals surface area contributed by atoms with Crippen molar-refractivity contribution >= 4 is 17.3 Å². The van der Waals surface area contributed by atoms with Crippen molar-refractivity contribution in [2.24, 2.45) is 0 Å². The van der Waals surface area contributed by atoms with E-state index in [-0.39, 0.29) is 12.1 Å². The summed E-state index contributed by atoms with van der Waals surface area (Å²) in [6, 6.07) is 8.42. The summed E-state index contributed by atoms with van der Waals surface area (Å²) in [6.07, 6.45) is 6.89. The van der Waals surface area contributed by atoms with Crippen molar-refractivity contribution in [3.05, 3.63) is 36.3 Å². The van der Waals surface area contributed by atoms with E-state index in [2.05, 4.69) is 31.4 Å². The molecule has 1 N–H and O–H groups in total. The highest BCUT2D eigenvalue weighted by Crippen LogP contribution is 2.27. The molecule has 0 radical (unpaired) electrons. The van der Waals surface area contributed by atoms with E-state index in [0.29, 0.717) is 30.6 Å². The molecule has 2 aliphatic rings. The van der Waals surface area contributed by atoms with Gasteiger partial charge in [0.1, 0.15) is 30.1 Å². The number of hydrogen-bond donors (Lipinski definition) is 1. The second-order valence-electron chi connectivity index (χ2n) is 7.77. The van der Waals surface area contributed by atoms with E-state index in [1.807, 2.05) is 6.07 Å². The number of nitrogens with zero attached hydrogens (tertiary/aromatic N) is 7. The lowest BCUT2D eigenvalue weighted by Crippen LogP contribution is -2.37. The quantitative estimate of drug-likeness (QED) is 0.662. The van der Waals surface area contributed by atoms with Gasteiger partial charge < -0.3 is 19.7 Å². The van der Waals surface area contributed by atoms with Crippen molar-refractivity contribution in [1.29, 1.82) is 5.26 Å². The van der Waals surface area contributed by atoms with Gasteiger partial charge in [-0.1, -0.05) is 0 Å². The second kappa shape index (κ2) is 8.73. The fraction of sp³-hybridized carbons (Fsp3) is 0.476. The zero-order chi connectivity index (χ0) is 21.0. The zero-order valence-corrected chi connectivity index (χ0v) is 17.1. The number of nitrogens with one attached hydrogen (secondary N) is 1. The Bertz CT molecular complexity index is 1080. The minimum absolute atomic E-state index is 0.0528. The van der Waals surface area contributed by atoms with Gasteiger partial charge in [-0.05, 0) is 37.8 Å². The number of ether oxygens (including phenoxy) is 2. The minimum atomic E-state index is 0.0528. The number of nitriles is 1. The maximum absolute atomic E-state index is 9.26. The molecule has 1 aliphatic carbocycles. The molecular formula is C21H24N8O2. The average molecular weight is 420 g/mol. The molecule has 3 aromatic rings. The molecule has 0 amide bonds. The van der Waals surface area contributed by atoms with Crippen LogP contribution >= 0.6 is 0 Å². The van der Waals surface area contributed by atoms with Crippen LogP contribution in [-0.2, 0) is 4.74 Å². The van der Waals surface area contributed by atoms with E-state index >= 15 is 0 Å². The van der Waals surface area contributed by atoms with Gasteiger partial charge in [-0.15, -0.1) is 0 Å². The molecule has 3 aromatic heterocycles. The summed E-state index contributed by atoms with van der Waals surface area (Å²) in [7, 11) is 0. The van der Waals surface area contributed by atoms with Crippen LogP contribution in [0, 0.1) is 11.3 Å². The Hall–Kier alpha value is -3.45. The molecular weight excluding hydrogens is 396 g/mol. The van der Waals surface area contributed by atoms with E-state index in [1.165, 1.54) is 6.33 Å². The monoisotopic (exact) mass is 420 g/mol. The number of pyridine rings is 1. The Balaban J connectivity index is 1.26. The molecule has 5 rings (SSSR count). The first-order valence-corrected chi connectivity index (χ1v) is 10.6. The van der Waals surface area contributed by atoms with Crippen molar-refractivity contribution in [2.45, 2.75) is 37.8 Å². The van der Waals surface area contributed by atoms with Gasteiger partial charge in [0.15, 0.2) is 5.65 Å². The van der Waals surface area contributed by atoms with Crippen LogP contribution in [0.3, 0.4) is 0 Å². The molecule has 1 aliphatic heterocycles. The van der Waals surface area contributed by atoms with Crippen LogP contribution in [-0.4, -0.2) is 63.0 Å². The van der Waals surface area contributed by atoms with Crippen LogP contribution in [0.1, 0.15) is 31.2 Å². The molecule has 0 spiro atoms. The smallest absolute Gasteiger partial charge is 0.321 e. The van der Waals surface area contributed by atoms with Crippen molar-refractivity contribution in [3.8, 4) is 12.1 Å². The maximum atomic E-state index is 9.26. The average Bonchev–Trinajstić information content (AvgIpc) is 3.30. The lowest BCUT2D eigenvalue weighted by Gasteiger charge is -2.30. The number of aromatic nitrogens is 5. The van der Waals surface area contributed by atoms with Crippen LogP contribution in [0.4, 0.5) is 11.6 Å². The molecule has 1 saturated carbocycles. The van der Waals surface area contributed by atoms with Crippen LogP contribution in [0.5, 0.6) is 6.01 Å². The number of rotatable bonds is 5. The molecule has 160 valence electrons. The Morgan fingerprint density at radius 3 is 2.81 bits per heavy atom. The fourth-order valence-electron chi connectivity index (χ4n) is 4.10. The molecule has 10 heteroatoms. The molecule has 0 atom stereocenters. The van der Waals surface area contributed by atoms with Gasteiger partial charge in [0.25, 0.3) is 0 Å². The Morgan fingerprint density at radius 1 is 1.16 bits per heavy atom. The summed E-state index contributed by atoms with van der Waals surface area (Å²) < 4.78 is 13.4. The molecule has 4 heterocycles. The van der Waals surface area contributed by atoms with E-state index in [0.717, 1.165) is 50.2 Å². The van der Waals surface area contributed by atoms with Crippen LogP contribution in [0.2, 0.25) is 0 Å². The molecule has 0 unspecified atom stereocenters. The van der Waals surface area contributed by atoms with Gasteiger partial charge in [-0.3, -0.25) is 0 Å². The predicted molar refractivity (Wildman–Crippen MR) is 113 cm³/mol. The van der Waals surface area contributed by atoms with Gasteiger partial charge in [-0.25, -0.2) is 9.97 Å². The van der Waals surface area contributed by atoms with Crippen molar-refractivity contribution in [2.75, 3.05) is 36.5 Å². The number of hydrogen-bond acceptors (Lipinski definition) is 9. The summed E-state index contributed by atoms with van der Waals surface area (Å²) in [5.74, 6) is 1.49. The Morgan fingerprint density at radius 2 is 2.00 bits per heavy atom. The summed E-state index contributed by atoms with van der Waals surface area (Å²) >= 11 is 0. The summed E-state index contributed by atoms with van der Waals surface area (Å²) in [6.45, 7) is 2.98. The molecule has 31 heavy (non-hydrogen) atoms. The van der Waals surface area contributed by atoms with E-state index in [9.17, 15) is 5.26 Å². The summed E-state index contributed by atoms with van der Waals surface area (Å²) in [5.41, 5.74) is 1.29. The SMILES string of the molecule is N#Cc1cccnc1N[C@H]1CC[C@@H](Oc2nc(N3CCOCC3)cc3ncnn23)CC1. The van der Waals surface area contributed by atoms with E-state index < -0.39 is 0 Å². The van der Waals surface area contributed by atoms with Crippen molar-refractivity contribution < 1.29 is 9.47 Å². The third-order valence-electron chi connectivity index (χ3n) is 5.77. The molecule has 10 nitrogen and oxygen atoms in total. The second-order valence-corrected chi connectivity index (χ2v) is 7.77. The van der Waals surface area contributed by atoms with E-state index in [4.69, 9.17) is 14.5 Å². The third-order valence-corrected chi connectivity index (χ3v) is 5.77. The highest BCUT2D eigenvalue weighted by atomic mass is 16.5. The predicted octanol–water partition coefficient (Wildman–Crippen LogP) is 2.03. The van der Waals surface area contributed by atoms with Gasteiger partial charge in [0.2, 0.25) is 0 Å². The first-order valence-electron chi connectivity index (χ1n) is 10.6. The van der Waals surface area contributed by atoms with Crippen LogP contribution < -0.4 is 15.0 Å². The highest BCUT2D eigenvalue weighted by molar-refractivity contribution is 5.53. The van der Waals surface area contributed by atoms with Crippen molar-refractivity contribution in [1.82, 2.24) is 24.6 Å². The zero-order valence-electron chi connectivity index (χ0n) is 17.1. The minimum Gasteiger partial charge on any atom is -0.460 e. The van der Waals surface area contributed by atoms with Gasteiger partial charge >= 0.3 is 6.01 Å². The van der Waals surface area contributed by atoms with Gasteiger partial charge in [0.05, 0.1) is 18.8 Å². The highest BCUT2D eigenvalue weighted by Gasteiger charge is 2.25. The molecule has 0 aromatic carbocycles.